The van der Waals surface area contributed by atoms with Gasteiger partial charge in [0.05, 0.1) is 6.61 Å². The topological polar surface area (TPSA) is 26.3 Å². The second kappa shape index (κ2) is 3.78. The highest BCUT2D eigenvalue weighted by atomic mass is 16.5. The number of carbonyl (C=O) groups excluding carboxylic acids is 1. The van der Waals surface area contributed by atoms with Gasteiger partial charge < -0.3 is 4.74 Å². The molecule has 1 aromatic carbocycles. The quantitative estimate of drug-likeness (QED) is 0.718. The zero-order chi connectivity index (χ0) is 11.0. The van der Waals surface area contributed by atoms with Crippen LogP contribution >= 0.6 is 0 Å². The van der Waals surface area contributed by atoms with Gasteiger partial charge in [0.25, 0.3) is 0 Å². The van der Waals surface area contributed by atoms with Gasteiger partial charge in [-0.3, -0.25) is 4.79 Å². The Balaban J connectivity index is 2.00. The first-order valence-electron chi connectivity index (χ1n) is 5.80. The SMILES string of the molecule is O=C1CCC2=C1OCC[C@H]2c1ccccc1. The van der Waals surface area contributed by atoms with Crippen molar-refractivity contribution in [2.24, 2.45) is 0 Å². The van der Waals surface area contributed by atoms with E-state index in [-0.39, 0.29) is 5.78 Å². The lowest BCUT2D eigenvalue weighted by atomic mass is 9.86. The molecule has 0 spiro atoms. The number of ketones is 1. The predicted molar refractivity (Wildman–Crippen MR) is 61.0 cm³/mol. The Morgan fingerprint density at radius 2 is 1.94 bits per heavy atom. The van der Waals surface area contributed by atoms with Crippen molar-refractivity contribution in [3.8, 4) is 0 Å². The molecule has 0 saturated carbocycles. The first kappa shape index (κ1) is 9.64. The van der Waals surface area contributed by atoms with Crippen LogP contribution in [0.25, 0.3) is 0 Å². The summed E-state index contributed by atoms with van der Waals surface area (Å²) in [5, 5.41) is 0. The Morgan fingerprint density at radius 1 is 1.12 bits per heavy atom. The van der Waals surface area contributed by atoms with E-state index in [9.17, 15) is 4.79 Å². The summed E-state index contributed by atoms with van der Waals surface area (Å²) in [5.41, 5.74) is 2.54. The smallest absolute Gasteiger partial charge is 0.197 e. The molecule has 0 aromatic heterocycles. The second-order valence-electron chi connectivity index (χ2n) is 4.38. The second-order valence-corrected chi connectivity index (χ2v) is 4.38. The molecular weight excluding hydrogens is 200 g/mol. The van der Waals surface area contributed by atoms with Crippen LogP contribution in [0.5, 0.6) is 0 Å². The number of ether oxygens (including phenoxy) is 1. The van der Waals surface area contributed by atoms with E-state index in [0.717, 1.165) is 12.8 Å². The summed E-state index contributed by atoms with van der Waals surface area (Å²) in [6, 6.07) is 10.4. The van der Waals surface area contributed by atoms with Crippen LogP contribution in [0.3, 0.4) is 0 Å². The summed E-state index contributed by atoms with van der Waals surface area (Å²) in [7, 11) is 0. The summed E-state index contributed by atoms with van der Waals surface area (Å²) >= 11 is 0. The first-order valence-corrected chi connectivity index (χ1v) is 5.80. The van der Waals surface area contributed by atoms with Crippen molar-refractivity contribution in [2.45, 2.75) is 25.2 Å². The van der Waals surface area contributed by atoms with Crippen LogP contribution in [0.1, 0.15) is 30.7 Å². The van der Waals surface area contributed by atoms with Gasteiger partial charge in [0.15, 0.2) is 11.5 Å². The van der Waals surface area contributed by atoms with E-state index in [1.807, 2.05) is 6.07 Å². The molecule has 3 rings (SSSR count). The summed E-state index contributed by atoms with van der Waals surface area (Å²) in [4.78, 5) is 11.6. The molecule has 1 aliphatic carbocycles. The van der Waals surface area contributed by atoms with Crippen molar-refractivity contribution in [2.75, 3.05) is 6.61 Å². The van der Waals surface area contributed by atoms with Gasteiger partial charge in [0.2, 0.25) is 0 Å². The molecule has 1 atom stereocenters. The maximum atomic E-state index is 11.6. The molecule has 0 radical (unpaired) electrons. The number of hydrogen-bond donors (Lipinski definition) is 0. The average molecular weight is 214 g/mol. The van der Waals surface area contributed by atoms with Crippen LogP contribution in [0, 0.1) is 0 Å². The molecule has 0 fully saturated rings. The third-order valence-corrected chi connectivity index (χ3v) is 3.44. The first-order chi connectivity index (χ1) is 7.86. The van der Waals surface area contributed by atoms with Crippen molar-refractivity contribution in [1.29, 1.82) is 0 Å². The van der Waals surface area contributed by atoms with Crippen LogP contribution in [0.2, 0.25) is 0 Å². The van der Waals surface area contributed by atoms with Gasteiger partial charge in [-0.2, -0.15) is 0 Å². The molecule has 16 heavy (non-hydrogen) atoms. The summed E-state index contributed by atoms with van der Waals surface area (Å²) in [5.74, 6) is 1.26. The van der Waals surface area contributed by atoms with E-state index < -0.39 is 0 Å². The van der Waals surface area contributed by atoms with Crippen LogP contribution in [0.15, 0.2) is 41.7 Å². The summed E-state index contributed by atoms with van der Waals surface area (Å²) in [6.07, 6.45) is 2.51. The molecule has 0 saturated heterocycles. The Hall–Kier alpha value is -1.57. The standard InChI is InChI=1S/C14H14O2/c15-13-7-6-12-11(8-9-16-14(12)13)10-4-2-1-3-5-10/h1-5,11H,6-9H2/t11-/m0/s1. The highest BCUT2D eigenvalue weighted by molar-refractivity contribution is 5.97. The third-order valence-electron chi connectivity index (χ3n) is 3.44. The van der Waals surface area contributed by atoms with Crippen LogP contribution < -0.4 is 0 Å². The van der Waals surface area contributed by atoms with Crippen molar-refractivity contribution >= 4 is 5.78 Å². The average Bonchev–Trinajstić information content (AvgIpc) is 2.73. The molecule has 1 aromatic rings. The monoisotopic (exact) mass is 214 g/mol. The fourth-order valence-corrected chi connectivity index (χ4v) is 2.67. The molecule has 2 aliphatic rings. The van der Waals surface area contributed by atoms with Crippen molar-refractivity contribution in [3.63, 3.8) is 0 Å². The lowest BCUT2D eigenvalue weighted by molar-refractivity contribution is -0.118. The van der Waals surface area contributed by atoms with E-state index in [2.05, 4.69) is 24.3 Å². The molecular formula is C14H14O2. The lowest BCUT2D eigenvalue weighted by Gasteiger charge is -2.25. The number of rotatable bonds is 1. The minimum Gasteiger partial charge on any atom is -0.490 e. The van der Waals surface area contributed by atoms with Crippen LogP contribution in [-0.2, 0) is 9.53 Å². The van der Waals surface area contributed by atoms with E-state index in [0.29, 0.717) is 24.7 Å². The molecule has 0 N–H and O–H groups in total. The fraction of sp³-hybridized carbons (Fsp3) is 0.357. The molecule has 0 unspecified atom stereocenters. The molecule has 2 nitrogen and oxygen atoms in total. The largest absolute Gasteiger partial charge is 0.490 e. The molecule has 1 aliphatic heterocycles. The number of allylic oxidation sites excluding steroid dienone is 2. The molecule has 0 amide bonds. The van der Waals surface area contributed by atoms with Crippen molar-refractivity contribution < 1.29 is 9.53 Å². The highest BCUT2D eigenvalue weighted by Crippen LogP contribution is 2.40. The predicted octanol–water partition coefficient (Wildman–Crippen LogP) is 2.81. The molecule has 0 bridgehead atoms. The van der Waals surface area contributed by atoms with Gasteiger partial charge in [-0.1, -0.05) is 30.3 Å². The minimum atomic E-state index is 0.190. The molecule has 2 heteroatoms. The Bertz CT molecular complexity index is 445. The van der Waals surface area contributed by atoms with Gasteiger partial charge in [-0.25, -0.2) is 0 Å². The van der Waals surface area contributed by atoms with Gasteiger partial charge in [0.1, 0.15) is 0 Å². The van der Waals surface area contributed by atoms with E-state index in [1.165, 1.54) is 11.1 Å². The zero-order valence-corrected chi connectivity index (χ0v) is 9.11. The molecule has 1 heterocycles. The number of carbonyl (C=O) groups is 1. The van der Waals surface area contributed by atoms with E-state index >= 15 is 0 Å². The minimum absolute atomic E-state index is 0.190. The van der Waals surface area contributed by atoms with Crippen LogP contribution in [-0.4, -0.2) is 12.4 Å². The summed E-state index contributed by atoms with van der Waals surface area (Å²) in [6.45, 7) is 0.671. The normalized spacial score (nSPS) is 24.2. The Morgan fingerprint density at radius 3 is 2.75 bits per heavy atom. The number of Topliss-reactive ketones (excluding diaryl/α,β-unsaturated/α-hetero) is 1. The van der Waals surface area contributed by atoms with Gasteiger partial charge in [0, 0.05) is 12.3 Å². The lowest BCUT2D eigenvalue weighted by Crippen LogP contribution is -2.15. The van der Waals surface area contributed by atoms with Gasteiger partial charge in [-0.15, -0.1) is 0 Å². The Labute approximate surface area is 94.9 Å². The summed E-state index contributed by atoms with van der Waals surface area (Å²) < 4.78 is 5.50. The fourth-order valence-electron chi connectivity index (χ4n) is 2.67. The van der Waals surface area contributed by atoms with Crippen molar-refractivity contribution in [1.82, 2.24) is 0 Å². The maximum absolute atomic E-state index is 11.6. The van der Waals surface area contributed by atoms with E-state index in [4.69, 9.17) is 4.74 Å². The van der Waals surface area contributed by atoms with E-state index in [1.54, 1.807) is 0 Å². The van der Waals surface area contributed by atoms with Crippen molar-refractivity contribution in [3.05, 3.63) is 47.2 Å². The Kier molecular flexibility index (Phi) is 2.28. The maximum Gasteiger partial charge on any atom is 0.197 e. The highest BCUT2D eigenvalue weighted by Gasteiger charge is 2.33. The number of benzene rings is 1. The van der Waals surface area contributed by atoms with Gasteiger partial charge in [-0.05, 0) is 24.0 Å². The third kappa shape index (κ3) is 1.45. The zero-order valence-electron chi connectivity index (χ0n) is 9.11. The number of hydrogen-bond acceptors (Lipinski definition) is 2. The van der Waals surface area contributed by atoms with Crippen LogP contribution in [0.4, 0.5) is 0 Å². The molecule has 82 valence electrons. The van der Waals surface area contributed by atoms with Gasteiger partial charge >= 0.3 is 0 Å².